The number of phosphoric ester groups is 2. The molecule has 0 amide bonds. The Hall–Kier alpha value is -5.09. The number of carbonyl (C=O) groups excluding carboxylic acids is 3. The van der Waals surface area contributed by atoms with Crippen molar-refractivity contribution in [2.45, 2.75) is 373 Å². The lowest BCUT2D eigenvalue weighted by molar-refractivity contribution is -0.161. The monoisotopic (exact) mass is 1620 g/mol. The van der Waals surface area contributed by atoms with Crippen LogP contribution in [0.3, 0.4) is 0 Å². The van der Waals surface area contributed by atoms with Crippen LogP contribution in [0.25, 0.3) is 0 Å². The second-order valence-corrected chi connectivity index (χ2v) is 32.2. The van der Waals surface area contributed by atoms with E-state index in [1.54, 1.807) is 0 Å². The number of ether oxygens (including phenoxy) is 3. The molecule has 0 saturated carbocycles. The van der Waals surface area contributed by atoms with Crippen LogP contribution in [0.5, 0.6) is 0 Å². The molecule has 0 fully saturated rings. The van der Waals surface area contributed by atoms with Crippen molar-refractivity contribution >= 4 is 33.6 Å². The van der Waals surface area contributed by atoms with E-state index >= 15 is 0 Å². The van der Waals surface area contributed by atoms with Crippen molar-refractivity contribution in [2.24, 2.45) is 0 Å². The van der Waals surface area contributed by atoms with Crippen LogP contribution in [0.1, 0.15) is 355 Å². The van der Waals surface area contributed by atoms with E-state index in [0.29, 0.717) is 19.3 Å². The predicted molar refractivity (Wildman–Crippen MR) is 472 cm³/mol. The summed E-state index contributed by atoms with van der Waals surface area (Å²) in [6, 6.07) is 0. The fourth-order valence-electron chi connectivity index (χ4n) is 11.7. The zero-order valence-electron chi connectivity index (χ0n) is 71.0. The summed E-state index contributed by atoms with van der Waals surface area (Å²) < 4.78 is 61.4. The summed E-state index contributed by atoms with van der Waals surface area (Å²) in [5, 5.41) is 20.7. The summed E-state index contributed by atoms with van der Waals surface area (Å²) in [6.07, 6.45) is 111. The van der Waals surface area contributed by atoms with Gasteiger partial charge in [0.15, 0.2) is 6.10 Å². The number of allylic oxidation sites excluding steroid dienone is 28. The first-order valence-electron chi connectivity index (χ1n) is 44.4. The first-order chi connectivity index (χ1) is 55.2. The molecule has 0 spiro atoms. The Labute approximate surface area is 688 Å². The molecule has 0 aromatic heterocycles. The molecule has 5 unspecified atom stereocenters. The molecule has 0 heterocycles. The number of rotatable bonds is 83. The molecule has 0 aromatic carbocycles. The van der Waals surface area contributed by atoms with Crippen molar-refractivity contribution in [3.05, 3.63) is 170 Å². The van der Waals surface area contributed by atoms with Crippen molar-refractivity contribution in [1.82, 2.24) is 0 Å². The van der Waals surface area contributed by atoms with Gasteiger partial charge in [-0.1, -0.05) is 351 Å². The number of hydrogen-bond donors (Lipinski definition) is 4. The number of carbonyl (C=O) groups is 3. The van der Waals surface area contributed by atoms with Gasteiger partial charge in [-0.25, -0.2) is 9.13 Å². The summed E-state index contributed by atoms with van der Waals surface area (Å²) in [5.41, 5.74) is 0. The average Bonchev–Trinajstić information content (AvgIpc) is 0.900. The fourth-order valence-corrected chi connectivity index (χ4v) is 13.3. The van der Waals surface area contributed by atoms with E-state index in [0.717, 1.165) is 186 Å². The van der Waals surface area contributed by atoms with Crippen LogP contribution in [0, 0.1) is 0 Å². The largest absolute Gasteiger partial charge is 0.472 e. The minimum atomic E-state index is -4.95. The third-order valence-corrected chi connectivity index (χ3v) is 20.3. The van der Waals surface area contributed by atoms with Crippen LogP contribution in [-0.4, -0.2) is 95.9 Å². The summed E-state index contributed by atoms with van der Waals surface area (Å²) in [4.78, 5) is 58.9. The van der Waals surface area contributed by atoms with Crippen LogP contribution in [0.15, 0.2) is 170 Å². The lowest BCUT2D eigenvalue weighted by atomic mass is 10.0. The van der Waals surface area contributed by atoms with Crippen molar-refractivity contribution in [3.8, 4) is 0 Å². The van der Waals surface area contributed by atoms with Gasteiger partial charge in [0.05, 0.1) is 26.4 Å². The molecule has 0 aliphatic rings. The van der Waals surface area contributed by atoms with Crippen LogP contribution < -0.4 is 0 Å². The predicted octanol–water partition coefficient (Wildman–Crippen LogP) is 27.1. The Bertz CT molecular complexity index is 2730. The number of aliphatic hydroxyl groups is 2. The molecule has 0 aliphatic carbocycles. The Morgan fingerprint density at radius 3 is 0.743 bits per heavy atom. The van der Waals surface area contributed by atoms with E-state index in [-0.39, 0.29) is 19.3 Å². The minimum Gasteiger partial charge on any atom is -0.463 e. The van der Waals surface area contributed by atoms with Crippen molar-refractivity contribution in [1.29, 1.82) is 0 Å². The topological polar surface area (TPSA) is 231 Å². The maximum atomic E-state index is 13.0. The van der Waals surface area contributed by atoms with Gasteiger partial charge in [0.1, 0.15) is 25.4 Å². The Morgan fingerprint density at radius 1 is 0.257 bits per heavy atom. The molecule has 0 rings (SSSR count). The van der Waals surface area contributed by atoms with E-state index in [9.17, 15) is 43.5 Å². The second kappa shape index (κ2) is 86.3. The van der Waals surface area contributed by atoms with Gasteiger partial charge in [0.2, 0.25) is 0 Å². The van der Waals surface area contributed by atoms with Crippen molar-refractivity contribution < 1.29 is 75.8 Å². The highest BCUT2D eigenvalue weighted by Crippen LogP contribution is 2.45. The number of phosphoric acid groups is 2. The molecule has 0 radical (unpaired) electrons. The van der Waals surface area contributed by atoms with Gasteiger partial charge in [0.25, 0.3) is 0 Å². The fraction of sp³-hybridized carbons (Fsp3) is 0.674. The molecule has 18 heteroatoms. The Balaban J connectivity index is 4.56. The highest BCUT2D eigenvalue weighted by Gasteiger charge is 2.29. The summed E-state index contributed by atoms with van der Waals surface area (Å²) in [5.74, 6) is -1.59. The highest BCUT2D eigenvalue weighted by atomic mass is 31.2. The zero-order valence-corrected chi connectivity index (χ0v) is 72.8. The van der Waals surface area contributed by atoms with Gasteiger partial charge in [-0.2, -0.15) is 0 Å². The standard InChI is InChI=1S/C95H160O16P2/c1-4-7-10-13-16-19-22-25-28-31-34-36-38-40-41-42-43-44-45-46-47-49-51-52-55-57-60-63-66-69-72-75-78-81-93(98)105-84-90(96)85-107-112(101,102)108-86-91(97)87-109-113(103,104)110-89-92(111-95(100)83-80-77-74-71-68-65-62-59-54-33-30-27-24-21-18-15-12-9-6-3)88-106-94(99)82-79-76-73-70-67-64-61-58-56-53-50-48-39-37-35-32-29-26-23-20-17-14-11-8-5-2/h7-8,10-11,16-21,25-30,34-37,40-41,43-44,48,50,54,59,90-92,96-97H,4-6,9,12-15,22-24,31-33,38-39,42,45-47,49,51-53,55-58,60-89H2,1-3H3,(H,101,102)(H,103,104)/b10-7-,11-8-,19-16-,20-17-,21-18-,28-25-,29-26-,30-27-,36-34-,37-35-,41-40-,44-43-,50-48-,59-54-. The van der Waals surface area contributed by atoms with E-state index in [1.165, 1.54) is 109 Å². The maximum absolute atomic E-state index is 13.0. The summed E-state index contributed by atoms with van der Waals surface area (Å²) in [6.45, 7) is 2.43. The Morgan fingerprint density at radius 2 is 0.469 bits per heavy atom. The van der Waals surface area contributed by atoms with Gasteiger partial charge in [0, 0.05) is 19.3 Å². The smallest absolute Gasteiger partial charge is 0.463 e. The van der Waals surface area contributed by atoms with Crippen LogP contribution >= 0.6 is 15.6 Å². The lowest BCUT2D eigenvalue weighted by Crippen LogP contribution is -2.30. The highest BCUT2D eigenvalue weighted by molar-refractivity contribution is 7.47. The second-order valence-electron chi connectivity index (χ2n) is 29.3. The maximum Gasteiger partial charge on any atom is 0.472 e. The minimum absolute atomic E-state index is 0.0847. The third kappa shape index (κ3) is 87.6. The molecule has 16 nitrogen and oxygen atoms in total. The van der Waals surface area contributed by atoms with Crippen molar-refractivity contribution in [2.75, 3.05) is 39.6 Å². The zero-order chi connectivity index (χ0) is 82.2. The van der Waals surface area contributed by atoms with Crippen LogP contribution in [0.2, 0.25) is 0 Å². The quantitative estimate of drug-likeness (QED) is 0.0146. The number of aliphatic hydroxyl groups excluding tert-OH is 2. The summed E-state index contributed by atoms with van der Waals surface area (Å²) in [7, 11) is -9.81. The van der Waals surface area contributed by atoms with Crippen LogP contribution in [0.4, 0.5) is 0 Å². The van der Waals surface area contributed by atoms with E-state index in [2.05, 4.69) is 191 Å². The first kappa shape index (κ1) is 108. The lowest BCUT2D eigenvalue weighted by Gasteiger charge is -2.21. The summed E-state index contributed by atoms with van der Waals surface area (Å²) >= 11 is 0. The molecular formula is C95H160O16P2. The van der Waals surface area contributed by atoms with E-state index in [1.807, 2.05) is 0 Å². The normalized spacial score (nSPS) is 14.6. The molecule has 0 bridgehead atoms. The molecule has 0 aliphatic heterocycles. The molecule has 0 aromatic rings. The van der Waals surface area contributed by atoms with Gasteiger partial charge in [-0.3, -0.25) is 32.5 Å². The molecule has 113 heavy (non-hydrogen) atoms. The SMILES string of the molecule is CC/C=C\C/C=C\C/C=C\C/C=C\C/C=C\C/C=C\CCCCCCCCCCCCCCCCC(=O)OCC(O)COP(=O)(O)OCC(O)COP(=O)(O)OCC(COC(=O)CCCCCCCCCCC/C=C\C/C=C\C/C=C\C/C=C\C/C=C\CC)OC(=O)CCCCCCCC/C=C\C/C=C\C/C=C\CCCCC. The van der Waals surface area contributed by atoms with Gasteiger partial charge < -0.3 is 34.2 Å². The number of esters is 3. The third-order valence-electron chi connectivity index (χ3n) is 18.4. The Kier molecular flexibility index (Phi) is 82.4. The molecule has 646 valence electrons. The molecule has 0 saturated heterocycles. The van der Waals surface area contributed by atoms with Crippen LogP contribution in [-0.2, 0) is 55.8 Å². The molecular weight excluding hydrogens is 1460 g/mol. The van der Waals surface area contributed by atoms with Gasteiger partial charge in [-0.15, -0.1) is 0 Å². The first-order valence-corrected chi connectivity index (χ1v) is 47.4. The number of hydrogen-bond acceptors (Lipinski definition) is 14. The van der Waals surface area contributed by atoms with E-state index in [4.69, 9.17) is 32.3 Å². The van der Waals surface area contributed by atoms with Gasteiger partial charge in [-0.05, 0) is 154 Å². The number of unbranched alkanes of at least 4 members (excludes halogenated alkanes) is 32. The van der Waals surface area contributed by atoms with Gasteiger partial charge >= 0.3 is 33.6 Å². The molecule has 5 atom stereocenters. The average molecular weight is 1620 g/mol. The van der Waals surface area contributed by atoms with E-state index < -0.39 is 91.5 Å². The molecule has 4 N–H and O–H groups in total. The van der Waals surface area contributed by atoms with Crippen molar-refractivity contribution in [3.63, 3.8) is 0 Å².